The van der Waals surface area contributed by atoms with Gasteiger partial charge in [0.05, 0.1) is 12.7 Å². The van der Waals surface area contributed by atoms with Crippen LogP contribution in [0, 0.1) is 0 Å². The third-order valence-corrected chi connectivity index (χ3v) is 5.36. The van der Waals surface area contributed by atoms with Crippen LogP contribution in [0.4, 0.5) is 0 Å². The molecule has 25 heavy (non-hydrogen) atoms. The Balaban J connectivity index is 1.53. The molecular weight excluding hydrogens is 312 g/mol. The summed E-state index contributed by atoms with van der Waals surface area (Å²) < 4.78 is 7.74. The maximum Gasteiger partial charge on any atom is 0.253 e. The SMILES string of the molecule is Cn1cccc(C(CN)CO[C@H]2CC[C@@H](c3ccccc3)CC2)c1=O. The maximum absolute atomic E-state index is 12.3. The van der Waals surface area contributed by atoms with Crippen LogP contribution in [0.2, 0.25) is 0 Å². The second kappa shape index (κ2) is 8.45. The molecule has 1 aromatic carbocycles. The lowest BCUT2D eigenvalue weighted by molar-refractivity contribution is 0.0172. The van der Waals surface area contributed by atoms with Crippen molar-refractivity contribution in [2.24, 2.45) is 12.8 Å². The topological polar surface area (TPSA) is 57.2 Å². The van der Waals surface area contributed by atoms with Gasteiger partial charge < -0.3 is 15.0 Å². The van der Waals surface area contributed by atoms with E-state index >= 15 is 0 Å². The van der Waals surface area contributed by atoms with E-state index < -0.39 is 0 Å². The molecule has 0 aliphatic heterocycles. The van der Waals surface area contributed by atoms with Crippen molar-refractivity contribution in [3.8, 4) is 0 Å². The van der Waals surface area contributed by atoms with E-state index in [2.05, 4.69) is 30.3 Å². The molecule has 1 fully saturated rings. The van der Waals surface area contributed by atoms with Crippen molar-refractivity contribution < 1.29 is 4.74 Å². The quantitative estimate of drug-likeness (QED) is 0.879. The first-order valence-electron chi connectivity index (χ1n) is 9.21. The average molecular weight is 340 g/mol. The predicted molar refractivity (Wildman–Crippen MR) is 101 cm³/mol. The number of rotatable bonds is 6. The van der Waals surface area contributed by atoms with Gasteiger partial charge in [-0.2, -0.15) is 0 Å². The summed E-state index contributed by atoms with van der Waals surface area (Å²) in [5.41, 5.74) is 8.13. The Morgan fingerprint density at radius 3 is 2.52 bits per heavy atom. The number of ether oxygens (including phenoxy) is 1. The Bertz CT molecular complexity index is 718. The molecule has 134 valence electrons. The number of pyridine rings is 1. The van der Waals surface area contributed by atoms with E-state index in [1.54, 1.807) is 17.8 Å². The summed E-state index contributed by atoms with van der Waals surface area (Å²) in [6.45, 7) is 0.953. The fraction of sp³-hybridized carbons (Fsp3) is 0.476. The summed E-state index contributed by atoms with van der Waals surface area (Å²) in [4.78, 5) is 12.3. The van der Waals surface area contributed by atoms with Crippen molar-refractivity contribution >= 4 is 0 Å². The van der Waals surface area contributed by atoms with Gasteiger partial charge in [0, 0.05) is 31.3 Å². The molecule has 3 rings (SSSR count). The number of nitrogens with zero attached hydrogens (tertiary/aromatic N) is 1. The van der Waals surface area contributed by atoms with Gasteiger partial charge in [0.25, 0.3) is 5.56 Å². The molecule has 0 bridgehead atoms. The zero-order valence-corrected chi connectivity index (χ0v) is 14.9. The average Bonchev–Trinajstić information content (AvgIpc) is 2.66. The van der Waals surface area contributed by atoms with Crippen LogP contribution in [0.25, 0.3) is 0 Å². The van der Waals surface area contributed by atoms with E-state index in [4.69, 9.17) is 10.5 Å². The number of aromatic nitrogens is 1. The summed E-state index contributed by atoms with van der Waals surface area (Å²) >= 11 is 0. The summed E-state index contributed by atoms with van der Waals surface area (Å²) in [6.07, 6.45) is 6.52. The Morgan fingerprint density at radius 1 is 1.12 bits per heavy atom. The highest BCUT2D eigenvalue weighted by Crippen LogP contribution is 2.34. The maximum atomic E-state index is 12.3. The molecule has 2 N–H and O–H groups in total. The van der Waals surface area contributed by atoms with Crippen LogP contribution in [0.15, 0.2) is 53.5 Å². The molecule has 0 amide bonds. The fourth-order valence-corrected chi connectivity index (χ4v) is 3.75. The van der Waals surface area contributed by atoms with E-state index in [9.17, 15) is 4.79 Å². The standard InChI is InChI=1S/C21H28N2O2/c1-23-13-5-8-20(21(23)24)18(14-22)15-25-19-11-9-17(10-12-19)16-6-3-2-4-7-16/h2-8,13,17-19H,9-12,14-15,22H2,1H3/t17-,18?,19+. The number of nitrogens with two attached hydrogens (primary N) is 1. The zero-order chi connectivity index (χ0) is 17.6. The van der Waals surface area contributed by atoms with E-state index in [0.717, 1.165) is 31.2 Å². The van der Waals surface area contributed by atoms with Gasteiger partial charge in [-0.05, 0) is 43.2 Å². The molecule has 1 aromatic heterocycles. The molecule has 1 atom stereocenters. The van der Waals surface area contributed by atoms with Crippen LogP contribution in [0.3, 0.4) is 0 Å². The van der Waals surface area contributed by atoms with Crippen molar-refractivity contribution in [2.45, 2.75) is 43.6 Å². The van der Waals surface area contributed by atoms with Crippen LogP contribution >= 0.6 is 0 Å². The van der Waals surface area contributed by atoms with Crippen LogP contribution in [-0.4, -0.2) is 23.8 Å². The Kier molecular flexibility index (Phi) is 6.05. The van der Waals surface area contributed by atoms with Crippen molar-refractivity contribution in [3.63, 3.8) is 0 Å². The van der Waals surface area contributed by atoms with E-state index in [1.165, 1.54) is 5.56 Å². The molecule has 4 nitrogen and oxygen atoms in total. The second-order valence-electron chi connectivity index (χ2n) is 7.03. The summed E-state index contributed by atoms with van der Waals surface area (Å²) in [7, 11) is 1.77. The van der Waals surface area contributed by atoms with Crippen LogP contribution in [0.1, 0.15) is 48.6 Å². The number of aryl methyl sites for hydroxylation is 1. The van der Waals surface area contributed by atoms with Crippen LogP contribution < -0.4 is 11.3 Å². The lowest BCUT2D eigenvalue weighted by Gasteiger charge is -2.30. The lowest BCUT2D eigenvalue weighted by Crippen LogP contribution is -2.30. The zero-order valence-electron chi connectivity index (χ0n) is 14.9. The van der Waals surface area contributed by atoms with Gasteiger partial charge in [-0.1, -0.05) is 36.4 Å². The number of hydrogen-bond donors (Lipinski definition) is 1. The van der Waals surface area contributed by atoms with Gasteiger partial charge in [0.1, 0.15) is 0 Å². The highest BCUT2D eigenvalue weighted by atomic mass is 16.5. The summed E-state index contributed by atoms with van der Waals surface area (Å²) in [5, 5.41) is 0. The first-order chi connectivity index (χ1) is 12.2. The minimum Gasteiger partial charge on any atom is -0.378 e. The smallest absolute Gasteiger partial charge is 0.253 e. The van der Waals surface area contributed by atoms with Crippen LogP contribution in [0.5, 0.6) is 0 Å². The summed E-state index contributed by atoms with van der Waals surface area (Å²) in [5.74, 6) is 0.611. The lowest BCUT2D eigenvalue weighted by atomic mass is 9.83. The normalized spacial score (nSPS) is 21.8. The molecule has 1 unspecified atom stereocenters. The minimum absolute atomic E-state index is 0.0225. The van der Waals surface area contributed by atoms with Crippen LogP contribution in [-0.2, 0) is 11.8 Å². The Hall–Kier alpha value is -1.91. The molecule has 0 saturated heterocycles. The Labute approximate surface area is 149 Å². The van der Waals surface area contributed by atoms with Crippen molar-refractivity contribution in [1.82, 2.24) is 4.57 Å². The first kappa shape index (κ1) is 17.9. The molecule has 0 radical (unpaired) electrons. The molecule has 1 aliphatic carbocycles. The van der Waals surface area contributed by atoms with Gasteiger partial charge in [-0.3, -0.25) is 4.79 Å². The predicted octanol–water partition coefficient (Wildman–Crippen LogP) is 3.17. The fourth-order valence-electron chi connectivity index (χ4n) is 3.75. The first-order valence-corrected chi connectivity index (χ1v) is 9.21. The van der Waals surface area contributed by atoms with Gasteiger partial charge in [-0.25, -0.2) is 0 Å². The molecule has 2 aromatic rings. The minimum atomic E-state index is -0.0354. The highest BCUT2D eigenvalue weighted by molar-refractivity contribution is 5.20. The largest absolute Gasteiger partial charge is 0.378 e. The molecule has 0 spiro atoms. The number of benzene rings is 1. The monoisotopic (exact) mass is 340 g/mol. The number of hydrogen-bond acceptors (Lipinski definition) is 3. The van der Waals surface area contributed by atoms with E-state index in [1.807, 2.05) is 12.1 Å². The van der Waals surface area contributed by atoms with Gasteiger partial charge in [0.2, 0.25) is 0 Å². The van der Waals surface area contributed by atoms with Crippen molar-refractivity contribution in [2.75, 3.05) is 13.2 Å². The molecule has 4 heteroatoms. The highest BCUT2D eigenvalue weighted by Gasteiger charge is 2.24. The summed E-state index contributed by atoms with van der Waals surface area (Å²) in [6, 6.07) is 14.5. The van der Waals surface area contributed by atoms with Crippen molar-refractivity contribution in [3.05, 3.63) is 70.1 Å². The molecular formula is C21H28N2O2. The molecule has 1 aliphatic rings. The van der Waals surface area contributed by atoms with Crippen molar-refractivity contribution in [1.29, 1.82) is 0 Å². The van der Waals surface area contributed by atoms with Gasteiger partial charge in [-0.15, -0.1) is 0 Å². The van der Waals surface area contributed by atoms with Gasteiger partial charge >= 0.3 is 0 Å². The van der Waals surface area contributed by atoms with E-state index in [0.29, 0.717) is 19.1 Å². The Morgan fingerprint density at radius 2 is 1.84 bits per heavy atom. The van der Waals surface area contributed by atoms with E-state index in [-0.39, 0.29) is 17.6 Å². The third kappa shape index (κ3) is 4.39. The van der Waals surface area contributed by atoms with Gasteiger partial charge in [0.15, 0.2) is 0 Å². The molecule has 1 heterocycles. The second-order valence-corrected chi connectivity index (χ2v) is 7.03. The molecule has 1 saturated carbocycles. The third-order valence-electron chi connectivity index (χ3n) is 5.36.